The molecular weight excluding hydrogens is 168 g/mol. The van der Waals surface area contributed by atoms with Gasteiger partial charge in [0.2, 0.25) is 0 Å². The van der Waals surface area contributed by atoms with Crippen molar-refractivity contribution in [2.24, 2.45) is 0 Å². The minimum absolute atomic E-state index is 0.618. The van der Waals surface area contributed by atoms with E-state index < -0.39 is 0 Å². The fourth-order valence-corrected chi connectivity index (χ4v) is 2.53. The Balaban J connectivity index is 2.38. The first-order valence-corrected chi connectivity index (χ1v) is 5.57. The fourth-order valence-electron chi connectivity index (χ4n) is 1.58. The maximum atomic E-state index is 4.38. The number of thioether (sulfide) groups is 1. The van der Waals surface area contributed by atoms with Crippen molar-refractivity contribution in [1.29, 1.82) is 0 Å². The van der Waals surface area contributed by atoms with Crippen LogP contribution in [0.3, 0.4) is 0 Å². The SMILES string of the molecule is CC(C)c1cnn2c1CSCC2. The predicted molar refractivity (Wildman–Crippen MR) is 52.5 cm³/mol. The van der Waals surface area contributed by atoms with Gasteiger partial charge in [0.15, 0.2) is 0 Å². The molecule has 0 bridgehead atoms. The number of rotatable bonds is 1. The molecule has 0 atom stereocenters. The average molecular weight is 182 g/mol. The lowest BCUT2D eigenvalue weighted by Crippen LogP contribution is -2.12. The fraction of sp³-hybridized carbons (Fsp3) is 0.667. The minimum Gasteiger partial charge on any atom is -0.268 e. The molecule has 0 N–H and O–H groups in total. The van der Waals surface area contributed by atoms with E-state index >= 15 is 0 Å². The van der Waals surface area contributed by atoms with Crippen molar-refractivity contribution >= 4 is 11.8 Å². The normalized spacial score (nSPS) is 16.6. The van der Waals surface area contributed by atoms with E-state index in [1.54, 1.807) is 0 Å². The Bertz CT molecular complexity index is 278. The van der Waals surface area contributed by atoms with E-state index in [1.165, 1.54) is 17.0 Å². The lowest BCUT2D eigenvalue weighted by molar-refractivity contribution is 0.629. The van der Waals surface area contributed by atoms with Crippen molar-refractivity contribution in [2.45, 2.75) is 32.1 Å². The van der Waals surface area contributed by atoms with Gasteiger partial charge in [-0.25, -0.2) is 0 Å². The number of hydrogen-bond donors (Lipinski definition) is 0. The molecule has 3 heteroatoms. The summed E-state index contributed by atoms with van der Waals surface area (Å²) in [5, 5.41) is 4.38. The largest absolute Gasteiger partial charge is 0.268 e. The molecular formula is C9H14N2S. The van der Waals surface area contributed by atoms with E-state index in [4.69, 9.17) is 0 Å². The van der Waals surface area contributed by atoms with E-state index in [1.807, 2.05) is 18.0 Å². The summed E-state index contributed by atoms with van der Waals surface area (Å²) in [7, 11) is 0. The smallest absolute Gasteiger partial charge is 0.0527 e. The number of hydrogen-bond acceptors (Lipinski definition) is 2. The van der Waals surface area contributed by atoms with Gasteiger partial charge in [0, 0.05) is 11.5 Å². The molecule has 1 aliphatic rings. The van der Waals surface area contributed by atoms with Gasteiger partial charge in [-0.05, 0) is 11.5 Å². The molecule has 0 aliphatic carbocycles. The predicted octanol–water partition coefficient (Wildman–Crippen LogP) is 2.25. The molecule has 2 rings (SSSR count). The number of nitrogens with zero attached hydrogens (tertiary/aromatic N) is 2. The Morgan fingerprint density at radius 3 is 3.17 bits per heavy atom. The van der Waals surface area contributed by atoms with Crippen molar-refractivity contribution in [2.75, 3.05) is 5.75 Å². The van der Waals surface area contributed by atoms with Crippen LogP contribution in [0.5, 0.6) is 0 Å². The first kappa shape index (κ1) is 8.17. The second-order valence-corrected chi connectivity index (χ2v) is 4.58. The van der Waals surface area contributed by atoms with E-state index in [9.17, 15) is 0 Å². The van der Waals surface area contributed by atoms with Crippen LogP contribution < -0.4 is 0 Å². The number of aromatic nitrogens is 2. The molecule has 12 heavy (non-hydrogen) atoms. The third-order valence-corrected chi connectivity index (χ3v) is 3.24. The lowest BCUT2D eigenvalue weighted by atomic mass is 10.1. The van der Waals surface area contributed by atoms with Crippen LogP contribution in [-0.4, -0.2) is 15.5 Å². The van der Waals surface area contributed by atoms with Gasteiger partial charge in [0.1, 0.15) is 0 Å². The Morgan fingerprint density at radius 2 is 2.42 bits per heavy atom. The van der Waals surface area contributed by atoms with E-state index in [0.29, 0.717) is 5.92 Å². The Hall–Kier alpha value is -0.440. The zero-order valence-electron chi connectivity index (χ0n) is 7.58. The van der Waals surface area contributed by atoms with Gasteiger partial charge in [0.25, 0.3) is 0 Å². The van der Waals surface area contributed by atoms with Gasteiger partial charge in [-0.3, -0.25) is 4.68 Å². The number of aryl methyl sites for hydroxylation is 1. The molecule has 0 aromatic carbocycles. The summed E-state index contributed by atoms with van der Waals surface area (Å²) in [5.74, 6) is 2.98. The molecule has 0 fully saturated rings. The molecule has 1 aromatic rings. The molecule has 2 nitrogen and oxygen atoms in total. The van der Waals surface area contributed by atoms with E-state index in [-0.39, 0.29) is 0 Å². The standard InChI is InChI=1S/C9H14N2S/c1-7(2)8-5-10-11-3-4-12-6-9(8)11/h5,7H,3-4,6H2,1-2H3. The molecule has 0 spiro atoms. The molecule has 1 aromatic heterocycles. The highest BCUT2D eigenvalue weighted by Crippen LogP contribution is 2.26. The quantitative estimate of drug-likeness (QED) is 0.663. The summed E-state index contributed by atoms with van der Waals surface area (Å²) in [4.78, 5) is 0. The minimum atomic E-state index is 0.618. The summed E-state index contributed by atoms with van der Waals surface area (Å²) in [6.07, 6.45) is 2.03. The molecule has 0 saturated heterocycles. The highest BCUT2D eigenvalue weighted by molar-refractivity contribution is 7.98. The van der Waals surface area contributed by atoms with Crippen LogP contribution >= 0.6 is 11.8 Å². The summed E-state index contributed by atoms with van der Waals surface area (Å²) in [5.41, 5.74) is 2.88. The average Bonchev–Trinajstić information content (AvgIpc) is 2.47. The van der Waals surface area contributed by atoms with Crippen LogP contribution in [0.4, 0.5) is 0 Å². The van der Waals surface area contributed by atoms with Crippen molar-refractivity contribution in [1.82, 2.24) is 9.78 Å². The zero-order chi connectivity index (χ0) is 8.55. The van der Waals surface area contributed by atoms with E-state index in [2.05, 4.69) is 23.6 Å². The topological polar surface area (TPSA) is 17.8 Å². The van der Waals surface area contributed by atoms with Gasteiger partial charge in [-0.2, -0.15) is 16.9 Å². The van der Waals surface area contributed by atoms with E-state index in [0.717, 1.165) is 12.3 Å². The summed E-state index contributed by atoms with van der Waals surface area (Å²) < 4.78 is 2.16. The molecule has 0 radical (unpaired) electrons. The van der Waals surface area contributed by atoms with Gasteiger partial charge < -0.3 is 0 Å². The first-order valence-electron chi connectivity index (χ1n) is 4.41. The summed E-state index contributed by atoms with van der Waals surface area (Å²) in [6.45, 7) is 5.56. The highest BCUT2D eigenvalue weighted by Gasteiger charge is 2.16. The van der Waals surface area contributed by atoms with Gasteiger partial charge in [-0.15, -0.1) is 0 Å². The summed E-state index contributed by atoms with van der Waals surface area (Å²) in [6, 6.07) is 0. The van der Waals surface area contributed by atoms with Gasteiger partial charge in [-0.1, -0.05) is 13.8 Å². The summed E-state index contributed by atoms with van der Waals surface area (Å²) >= 11 is 2.01. The van der Waals surface area contributed by atoms with Gasteiger partial charge >= 0.3 is 0 Å². The lowest BCUT2D eigenvalue weighted by Gasteiger charge is -2.15. The molecule has 66 valence electrons. The molecule has 0 amide bonds. The van der Waals surface area contributed by atoms with Crippen LogP contribution in [0.2, 0.25) is 0 Å². The monoisotopic (exact) mass is 182 g/mol. The van der Waals surface area contributed by atoms with Crippen molar-refractivity contribution in [3.8, 4) is 0 Å². The van der Waals surface area contributed by atoms with Crippen LogP contribution in [0, 0.1) is 0 Å². The van der Waals surface area contributed by atoms with Crippen molar-refractivity contribution in [3.05, 3.63) is 17.5 Å². The number of fused-ring (bicyclic) bond motifs is 1. The van der Waals surface area contributed by atoms with Crippen molar-refractivity contribution < 1.29 is 0 Å². The second kappa shape index (κ2) is 3.13. The maximum absolute atomic E-state index is 4.38. The highest BCUT2D eigenvalue weighted by atomic mass is 32.2. The molecule has 2 heterocycles. The third kappa shape index (κ3) is 1.26. The Kier molecular flexibility index (Phi) is 2.13. The Morgan fingerprint density at radius 1 is 1.58 bits per heavy atom. The molecule has 0 saturated carbocycles. The van der Waals surface area contributed by atoms with Crippen LogP contribution in [0.1, 0.15) is 31.0 Å². The first-order chi connectivity index (χ1) is 5.79. The Labute approximate surface area is 77.3 Å². The zero-order valence-corrected chi connectivity index (χ0v) is 8.40. The van der Waals surface area contributed by atoms with Crippen LogP contribution in [0.25, 0.3) is 0 Å². The maximum Gasteiger partial charge on any atom is 0.0527 e. The second-order valence-electron chi connectivity index (χ2n) is 3.48. The van der Waals surface area contributed by atoms with Gasteiger partial charge in [0.05, 0.1) is 18.4 Å². The van der Waals surface area contributed by atoms with Crippen LogP contribution in [0.15, 0.2) is 6.20 Å². The van der Waals surface area contributed by atoms with Crippen LogP contribution in [-0.2, 0) is 12.3 Å². The third-order valence-electron chi connectivity index (χ3n) is 2.29. The van der Waals surface area contributed by atoms with Crippen molar-refractivity contribution in [3.63, 3.8) is 0 Å². The molecule has 1 aliphatic heterocycles. The molecule has 0 unspecified atom stereocenters.